The summed E-state index contributed by atoms with van der Waals surface area (Å²) in [5.74, 6) is -0.679. The van der Waals surface area contributed by atoms with E-state index in [1.54, 1.807) is 6.08 Å². The van der Waals surface area contributed by atoms with Crippen LogP contribution >= 0.6 is 0 Å². The van der Waals surface area contributed by atoms with Crippen molar-refractivity contribution in [3.63, 3.8) is 0 Å². The average molecular weight is 357 g/mol. The van der Waals surface area contributed by atoms with Crippen LogP contribution in [0.5, 0.6) is 0 Å². The molecule has 0 aliphatic carbocycles. The summed E-state index contributed by atoms with van der Waals surface area (Å²) in [7, 11) is -1.98. The van der Waals surface area contributed by atoms with E-state index < -0.39 is 20.2 Å². The topological polar surface area (TPSA) is 54.0 Å². The van der Waals surface area contributed by atoms with Gasteiger partial charge in [0.15, 0.2) is 20.4 Å². The molecule has 0 unspecified atom stereocenters. The number of hydrogen-bond donors (Lipinski definition) is 0. The van der Waals surface area contributed by atoms with Crippen molar-refractivity contribution in [1.29, 1.82) is 0 Å². The highest BCUT2D eigenvalue weighted by Gasteiger charge is 2.51. The molecule has 6 heteroatoms. The van der Waals surface area contributed by atoms with Gasteiger partial charge in [0.05, 0.1) is 12.2 Å². The third kappa shape index (κ3) is 3.99. The predicted molar refractivity (Wildman–Crippen MR) is 95.4 cm³/mol. The summed E-state index contributed by atoms with van der Waals surface area (Å²) in [5, 5.41) is 0.0805. The highest BCUT2D eigenvalue weighted by Crippen LogP contribution is 2.41. The maximum Gasteiger partial charge on any atom is 0.192 e. The smallest absolute Gasteiger partial charge is 0.192 e. The third-order valence-corrected chi connectivity index (χ3v) is 9.82. The van der Waals surface area contributed by atoms with Crippen LogP contribution < -0.4 is 0 Å². The zero-order chi connectivity index (χ0) is 18.3. The maximum absolute atomic E-state index is 11.5. The van der Waals surface area contributed by atoms with E-state index in [4.69, 9.17) is 18.6 Å². The van der Waals surface area contributed by atoms with Crippen LogP contribution in [0, 0.1) is 0 Å². The molecule has 0 amide bonds. The van der Waals surface area contributed by atoms with Crippen LogP contribution in [0.15, 0.2) is 12.7 Å². The van der Waals surface area contributed by atoms with E-state index in [1.165, 1.54) is 0 Å². The molecule has 2 aliphatic rings. The lowest BCUT2D eigenvalue weighted by atomic mass is 10.0. The lowest BCUT2D eigenvalue weighted by molar-refractivity contribution is -0.157. The SMILES string of the molecule is C=C[C@@H]1OC(C)(C)O[C@@H]1[C@@H]1C[C@@H](O[Si](C)(C)C(C)(C)C)[C@H](C=O)O1. The summed E-state index contributed by atoms with van der Waals surface area (Å²) in [5.41, 5.74) is 0. The Kier molecular flexibility index (Phi) is 5.48. The Morgan fingerprint density at radius 2 is 1.83 bits per heavy atom. The lowest BCUT2D eigenvalue weighted by Gasteiger charge is -2.38. The third-order valence-electron chi connectivity index (χ3n) is 5.31. The number of carbonyl (C=O) groups excluding carboxylic acids is 1. The standard InChI is InChI=1S/C18H32O5Si/c1-9-12-16(22-18(5,6)21-12)14-10-13(15(11-19)20-14)23-24(7,8)17(2,3)4/h9,11-16H,1,10H2,2-8H3/t12-,13+,14-,15-,16-/m0/s1. The van der Waals surface area contributed by atoms with Crippen molar-refractivity contribution in [2.45, 2.75) is 95.5 Å². The lowest BCUT2D eigenvalue weighted by Crippen LogP contribution is -2.46. The van der Waals surface area contributed by atoms with E-state index in [0.29, 0.717) is 6.42 Å². The molecule has 0 aromatic carbocycles. The summed E-state index contributed by atoms with van der Waals surface area (Å²) in [4.78, 5) is 11.5. The summed E-state index contributed by atoms with van der Waals surface area (Å²) >= 11 is 0. The molecule has 24 heavy (non-hydrogen) atoms. The monoisotopic (exact) mass is 356 g/mol. The van der Waals surface area contributed by atoms with Crippen molar-refractivity contribution in [2.75, 3.05) is 0 Å². The van der Waals surface area contributed by atoms with Gasteiger partial charge in [0, 0.05) is 6.42 Å². The molecule has 0 saturated carbocycles. The normalized spacial score (nSPS) is 36.7. The van der Waals surface area contributed by atoms with E-state index in [2.05, 4.69) is 40.4 Å². The quantitative estimate of drug-likeness (QED) is 0.429. The Bertz CT molecular complexity index is 482. The van der Waals surface area contributed by atoms with Gasteiger partial charge >= 0.3 is 0 Å². The molecule has 0 spiro atoms. The second kappa shape index (κ2) is 6.65. The van der Waals surface area contributed by atoms with Crippen LogP contribution in [-0.4, -0.2) is 50.9 Å². The molecule has 2 saturated heterocycles. The van der Waals surface area contributed by atoms with Crippen molar-refractivity contribution >= 4 is 14.6 Å². The molecule has 138 valence electrons. The first-order chi connectivity index (χ1) is 10.9. The first-order valence-corrected chi connectivity index (χ1v) is 11.6. The molecule has 0 N–H and O–H groups in total. The van der Waals surface area contributed by atoms with Crippen LogP contribution in [0.25, 0.3) is 0 Å². The second-order valence-electron chi connectivity index (χ2n) is 8.73. The second-order valence-corrected chi connectivity index (χ2v) is 13.5. The molecule has 0 aromatic heterocycles. The minimum atomic E-state index is -1.98. The Balaban J connectivity index is 2.12. The van der Waals surface area contributed by atoms with E-state index >= 15 is 0 Å². The molecule has 0 aromatic rings. The molecule has 0 bridgehead atoms. The fraction of sp³-hybridized carbons (Fsp3) is 0.833. The number of ether oxygens (including phenoxy) is 3. The van der Waals surface area contributed by atoms with Gasteiger partial charge in [-0.3, -0.25) is 0 Å². The summed E-state index contributed by atoms with van der Waals surface area (Å²) in [6.07, 6.45) is 1.68. The van der Waals surface area contributed by atoms with Gasteiger partial charge in [-0.25, -0.2) is 0 Å². The zero-order valence-corrected chi connectivity index (χ0v) is 17.0. The first-order valence-electron chi connectivity index (χ1n) is 8.67. The van der Waals surface area contributed by atoms with Crippen molar-refractivity contribution in [2.24, 2.45) is 0 Å². The van der Waals surface area contributed by atoms with Crippen molar-refractivity contribution in [3.8, 4) is 0 Å². The fourth-order valence-electron chi connectivity index (χ4n) is 3.00. The number of carbonyl (C=O) groups is 1. The molecule has 5 atom stereocenters. The van der Waals surface area contributed by atoms with Gasteiger partial charge in [-0.2, -0.15) is 0 Å². The van der Waals surface area contributed by atoms with Gasteiger partial charge in [-0.1, -0.05) is 26.8 Å². The molecule has 5 nitrogen and oxygen atoms in total. The van der Waals surface area contributed by atoms with Crippen molar-refractivity contribution in [1.82, 2.24) is 0 Å². The average Bonchev–Trinajstić information content (AvgIpc) is 2.97. The summed E-state index contributed by atoms with van der Waals surface area (Å²) < 4.78 is 24.2. The van der Waals surface area contributed by atoms with Gasteiger partial charge in [-0.05, 0) is 32.0 Å². The predicted octanol–water partition coefficient (Wildman–Crippen LogP) is 3.44. The molecule has 2 heterocycles. The van der Waals surface area contributed by atoms with Gasteiger partial charge in [0.1, 0.15) is 18.3 Å². The Hall–Kier alpha value is -0.533. The minimum Gasteiger partial charge on any atom is -0.411 e. The van der Waals surface area contributed by atoms with Gasteiger partial charge in [0.25, 0.3) is 0 Å². The number of rotatable bonds is 5. The van der Waals surface area contributed by atoms with Gasteiger partial charge in [0.2, 0.25) is 0 Å². The van der Waals surface area contributed by atoms with Crippen LogP contribution in [0.3, 0.4) is 0 Å². The molecule has 2 fully saturated rings. The van der Waals surface area contributed by atoms with Gasteiger partial charge < -0.3 is 23.4 Å². The summed E-state index contributed by atoms with van der Waals surface area (Å²) in [6.45, 7) is 18.5. The molecule has 2 rings (SSSR count). The van der Waals surface area contributed by atoms with E-state index in [0.717, 1.165) is 6.29 Å². The number of aldehydes is 1. The van der Waals surface area contributed by atoms with Crippen LogP contribution in [-0.2, 0) is 23.4 Å². The highest BCUT2D eigenvalue weighted by molar-refractivity contribution is 6.74. The summed E-state index contributed by atoms with van der Waals surface area (Å²) in [6, 6.07) is 0. The van der Waals surface area contributed by atoms with E-state index in [1.807, 2.05) is 13.8 Å². The molecule has 0 radical (unpaired) electrons. The fourth-order valence-corrected chi connectivity index (χ4v) is 4.34. The molecular weight excluding hydrogens is 324 g/mol. The van der Waals surface area contributed by atoms with Gasteiger partial charge in [-0.15, -0.1) is 6.58 Å². The van der Waals surface area contributed by atoms with E-state index in [9.17, 15) is 4.79 Å². The van der Waals surface area contributed by atoms with E-state index in [-0.39, 0.29) is 29.5 Å². The molecule has 2 aliphatic heterocycles. The molecular formula is C18H32O5Si. The van der Waals surface area contributed by atoms with Crippen molar-refractivity contribution < 1.29 is 23.4 Å². The highest BCUT2D eigenvalue weighted by atomic mass is 28.4. The van der Waals surface area contributed by atoms with Crippen LogP contribution in [0.2, 0.25) is 18.1 Å². The van der Waals surface area contributed by atoms with Crippen molar-refractivity contribution in [3.05, 3.63) is 12.7 Å². The Labute approximate surface area is 146 Å². The minimum absolute atomic E-state index is 0.0805. The van der Waals surface area contributed by atoms with Crippen LogP contribution in [0.1, 0.15) is 41.0 Å². The largest absolute Gasteiger partial charge is 0.411 e. The Morgan fingerprint density at radius 1 is 1.21 bits per heavy atom. The Morgan fingerprint density at radius 3 is 2.33 bits per heavy atom. The van der Waals surface area contributed by atoms with Crippen LogP contribution in [0.4, 0.5) is 0 Å². The first kappa shape index (κ1) is 19.8. The zero-order valence-electron chi connectivity index (χ0n) is 16.0. The maximum atomic E-state index is 11.5. The number of hydrogen-bond acceptors (Lipinski definition) is 5.